The molecule has 0 amide bonds. The van der Waals surface area contributed by atoms with E-state index in [0.29, 0.717) is 12.0 Å². The molecule has 0 fully saturated rings. The van der Waals surface area contributed by atoms with Crippen molar-refractivity contribution in [2.45, 2.75) is 26.3 Å². The fourth-order valence-corrected chi connectivity index (χ4v) is 1.17. The third-order valence-corrected chi connectivity index (χ3v) is 2.14. The molecule has 0 bridgehead atoms. The summed E-state index contributed by atoms with van der Waals surface area (Å²) in [4.78, 5) is 0. The molecule has 72 valence electrons. The molecule has 0 spiro atoms. The summed E-state index contributed by atoms with van der Waals surface area (Å²) in [6, 6.07) is 2.67. The van der Waals surface area contributed by atoms with Crippen LogP contribution in [-0.4, -0.2) is 0 Å². The summed E-state index contributed by atoms with van der Waals surface area (Å²) in [5, 5.41) is 0. The first kappa shape index (κ1) is 10.1. The molecule has 2 N–H and O–H groups in total. The van der Waals surface area contributed by atoms with E-state index in [4.69, 9.17) is 5.73 Å². The van der Waals surface area contributed by atoms with E-state index in [0.717, 1.165) is 0 Å². The number of rotatable bonds is 2. The molecule has 1 aromatic carbocycles. The second kappa shape index (κ2) is 3.83. The molecule has 13 heavy (non-hydrogen) atoms. The van der Waals surface area contributed by atoms with E-state index >= 15 is 0 Å². The van der Waals surface area contributed by atoms with Gasteiger partial charge in [-0.25, -0.2) is 8.78 Å². The van der Waals surface area contributed by atoms with Crippen molar-refractivity contribution in [3.05, 3.63) is 34.9 Å². The lowest BCUT2D eigenvalue weighted by molar-refractivity contribution is 0.481. The minimum Gasteiger partial charge on any atom is -0.324 e. The Morgan fingerprint density at radius 2 is 1.92 bits per heavy atom. The predicted molar refractivity (Wildman–Crippen MR) is 48.3 cm³/mol. The SMILES string of the molecule is CCC(N)c1ccc(C)c(F)c1F. The van der Waals surface area contributed by atoms with Crippen LogP contribution < -0.4 is 5.73 Å². The van der Waals surface area contributed by atoms with Crippen molar-refractivity contribution in [2.75, 3.05) is 0 Å². The lowest BCUT2D eigenvalue weighted by Crippen LogP contribution is -2.12. The fraction of sp³-hybridized carbons (Fsp3) is 0.400. The maximum absolute atomic E-state index is 13.2. The first-order valence-corrected chi connectivity index (χ1v) is 4.28. The third kappa shape index (κ3) is 1.86. The monoisotopic (exact) mass is 185 g/mol. The Balaban J connectivity index is 3.18. The molecule has 0 saturated carbocycles. The van der Waals surface area contributed by atoms with Crippen LogP contribution in [0.2, 0.25) is 0 Å². The maximum Gasteiger partial charge on any atom is 0.163 e. The summed E-state index contributed by atoms with van der Waals surface area (Å²) in [7, 11) is 0. The van der Waals surface area contributed by atoms with Crippen LogP contribution >= 0.6 is 0 Å². The van der Waals surface area contributed by atoms with Gasteiger partial charge in [-0.2, -0.15) is 0 Å². The Labute approximate surface area is 76.6 Å². The molecule has 0 aliphatic carbocycles. The standard InChI is InChI=1S/C10H13F2N/c1-3-8(13)7-5-4-6(2)9(11)10(7)12/h4-5,8H,3,13H2,1-2H3. The Morgan fingerprint density at radius 1 is 1.31 bits per heavy atom. The molecule has 1 nitrogen and oxygen atoms in total. The highest BCUT2D eigenvalue weighted by atomic mass is 19.2. The molecule has 0 aromatic heterocycles. The second-order valence-corrected chi connectivity index (χ2v) is 3.11. The van der Waals surface area contributed by atoms with Crippen molar-refractivity contribution in [1.82, 2.24) is 0 Å². The minimum atomic E-state index is -0.811. The zero-order valence-electron chi connectivity index (χ0n) is 7.77. The molecular formula is C10H13F2N. The van der Waals surface area contributed by atoms with Gasteiger partial charge in [-0.05, 0) is 18.9 Å². The lowest BCUT2D eigenvalue weighted by Gasteiger charge is -2.11. The quantitative estimate of drug-likeness (QED) is 0.753. The number of aryl methyl sites for hydroxylation is 1. The summed E-state index contributed by atoms with van der Waals surface area (Å²) in [6.45, 7) is 3.36. The van der Waals surface area contributed by atoms with Crippen LogP contribution in [0, 0.1) is 18.6 Å². The van der Waals surface area contributed by atoms with Gasteiger partial charge in [-0.15, -0.1) is 0 Å². The molecule has 3 heteroatoms. The summed E-state index contributed by atoms with van der Waals surface area (Å²) in [5.41, 5.74) is 6.17. The van der Waals surface area contributed by atoms with Crippen LogP contribution in [0.25, 0.3) is 0 Å². The first-order valence-electron chi connectivity index (χ1n) is 4.28. The Kier molecular flexibility index (Phi) is 2.98. The van der Waals surface area contributed by atoms with Gasteiger partial charge in [0.25, 0.3) is 0 Å². The van der Waals surface area contributed by atoms with Gasteiger partial charge in [0.15, 0.2) is 11.6 Å². The number of nitrogens with two attached hydrogens (primary N) is 1. The van der Waals surface area contributed by atoms with Gasteiger partial charge < -0.3 is 5.73 Å². The van der Waals surface area contributed by atoms with E-state index in [1.807, 2.05) is 6.92 Å². The van der Waals surface area contributed by atoms with E-state index in [1.54, 1.807) is 12.1 Å². The zero-order valence-corrected chi connectivity index (χ0v) is 7.77. The molecule has 0 radical (unpaired) electrons. The topological polar surface area (TPSA) is 26.0 Å². The fourth-order valence-electron chi connectivity index (χ4n) is 1.17. The van der Waals surface area contributed by atoms with Crippen LogP contribution in [0.1, 0.15) is 30.5 Å². The van der Waals surface area contributed by atoms with Crippen LogP contribution in [-0.2, 0) is 0 Å². The van der Waals surface area contributed by atoms with Crippen LogP contribution in [0.3, 0.4) is 0 Å². The highest BCUT2D eigenvalue weighted by molar-refractivity contribution is 5.27. The number of halogens is 2. The zero-order chi connectivity index (χ0) is 10.0. The van der Waals surface area contributed by atoms with Crippen molar-refractivity contribution in [1.29, 1.82) is 0 Å². The smallest absolute Gasteiger partial charge is 0.163 e. The van der Waals surface area contributed by atoms with E-state index in [2.05, 4.69) is 0 Å². The van der Waals surface area contributed by atoms with Crippen molar-refractivity contribution in [2.24, 2.45) is 5.73 Å². The minimum absolute atomic E-state index is 0.255. The van der Waals surface area contributed by atoms with E-state index in [1.165, 1.54) is 6.92 Å². The molecule has 1 unspecified atom stereocenters. The number of benzene rings is 1. The second-order valence-electron chi connectivity index (χ2n) is 3.11. The van der Waals surface area contributed by atoms with Crippen molar-refractivity contribution in [3.8, 4) is 0 Å². The van der Waals surface area contributed by atoms with Crippen molar-refractivity contribution < 1.29 is 8.78 Å². The van der Waals surface area contributed by atoms with Crippen molar-refractivity contribution >= 4 is 0 Å². The summed E-state index contributed by atoms with van der Waals surface area (Å²) in [5.74, 6) is -1.60. The van der Waals surface area contributed by atoms with Gasteiger partial charge in [0.2, 0.25) is 0 Å². The number of hydrogen-bond acceptors (Lipinski definition) is 1. The molecule has 0 saturated heterocycles. The molecule has 1 rings (SSSR count). The maximum atomic E-state index is 13.2. The van der Waals surface area contributed by atoms with Crippen LogP contribution in [0.5, 0.6) is 0 Å². The molecule has 0 aliphatic rings. The first-order chi connectivity index (χ1) is 6.07. The van der Waals surface area contributed by atoms with Gasteiger partial charge in [0.05, 0.1) is 0 Å². The molecular weight excluding hydrogens is 172 g/mol. The van der Waals surface area contributed by atoms with Gasteiger partial charge >= 0.3 is 0 Å². The van der Waals surface area contributed by atoms with Gasteiger partial charge in [0.1, 0.15) is 0 Å². The van der Waals surface area contributed by atoms with Gasteiger partial charge in [-0.1, -0.05) is 19.1 Å². The summed E-state index contributed by atoms with van der Waals surface area (Å²) >= 11 is 0. The normalized spacial score (nSPS) is 13.0. The predicted octanol–water partition coefficient (Wildman–Crippen LogP) is 2.68. The van der Waals surface area contributed by atoms with Crippen LogP contribution in [0.4, 0.5) is 8.78 Å². The Hall–Kier alpha value is -0.960. The molecule has 0 aliphatic heterocycles. The lowest BCUT2D eigenvalue weighted by atomic mass is 10.0. The van der Waals surface area contributed by atoms with Crippen molar-refractivity contribution in [3.63, 3.8) is 0 Å². The van der Waals surface area contributed by atoms with E-state index in [9.17, 15) is 8.78 Å². The summed E-state index contributed by atoms with van der Waals surface area (Å²) < 4.78 is 26.3. The van der Waals surface area contributed by atoms with Gasteiger partial charge in [0, 0.05) is 11.6 Å². The molecule has 0 heterocycles. The van der Waals surface area contributed by atoms with Gasteiger partial charge in [-0.3, -0.25) is 0 Å². The van der Waals surface area contributed by atoms with E-state index < -0.39 is 17.7 Å². The Morgan fingerprint density at radius 3 is 2.46 bits per heavy atom. The number of hydrogen-bond donors (Lipinski definition) is 1. The average molecular weight is 185 g/mol. The average Bonchev–Trinajstić information content (AvgIpc) is 2.13. The van der Waals surface area contributed by atoms with Crippen LogP contribution in [0.15, 0.2) is 12.1 Å². The molecule has 1 atom stereocenters. The van der Waals surface area contributed by atoms with E-state index in [-0.39, 0.29) is 5.56 Å². The highest BCUT2D eigenvalue weighted by Crippen LogP contribution is 2.21. The molecule has 1 aromatic rings. The summed E-state index contributed by atoms with van der Waals surface area (Å²) in [6.07, 6.45) is 0.597. The Bertz CT molecular complexity index is 310. The third-order valence-electron chi connectivity index (χ3n) is 2.14. The largest absolute Gasteiger partial charge is 0.324 e. The highest BCUT2D eigenvalue weighted by Gasteiger charge is 2.14.